The van der Waals surface area contributed by atoms with E-state index in [-0.39, 0.29) is 23.8 Å². The highest BCUT2D eigenvalue weighted by Crippen LogP contribution is 2.37. The van der Waals surface area contributed by atoms with Crippen LogP contribution in [-0.4, -0.2) is 35.5 Å². The lowest BCUT2D eigenvalue weighted by Gasteiger charge is -2.32. The highest BCUT2D eigenvalue weighted by atomic mass is 79.9. The average molecular weight is 414 g/mol. The van der Waals surface area contributed by atoms with Gasteiger partial charge in [0.2, 0.25) is 0 Å². The smallest absolute Gasteiger partial charge is 0.331 e. The molecular weight excluding hydrogens is 401 g/mol. The van der Waals surface area contributed by atoms with Crippen LogP contribution in [0.4, 0.5) is 4.39 Å². The quantitative estimate of drug-likeness (QED) is 0.832. The van der Waals surface area contributed by atoms with Crippen molar-refractivity contribution in [3.63, 3.8) is 0 Å². The molecule has 1 aliphatic heterocycles. The summed E-state index contributed by atoms with van der Waals surface area (Å²) in [6, 6.07) is 4.03. The van der Waals surface area contributed by atoms with Gasteiger partial charge in [0.05, 0.1) is 16.5 Å². The molecule has 0 saturated heterocycles. The SMILES string of the molecule is COc1ccc(F)cc1C(C(=O)O)N1CCc2sc(Br)cc2C1=O. The number of halogens is 2. The number of carbonyl (C=O) groups is 2. The molecule has 1 N–H and O–H groups in total. The van der Waals surface area contributed by atoms with Gasteiger partial charge in [-0.2, -0.15) is 0 Å². The zero-order valence-corrected chi connectivity index (χ0v) is 15.0. The number of fused-ring (bicyclic) bond motifs is 1. The number of carboxylic acid groups (broad SMARTS) is 1. The van der Waals surface area contributed by atoms with E-state index < -0.39 is 17.8 Å². The standard InChI is InChI=1S/C16H13BrFNO4S/c1-23-11-3-2-8(18)6-9(11)14(16(21)22)19-5-4-12-10(15(19)20)7-13(17)24-12/h2-3,6-7,14H,4-5H2,1H3,(H,21,22). The summed E-state index contributed by atoms with van der Waals surface area (Å²) in [7, 11) is 1.38. The molecule has 1 atom stereocenters. The summed E-state index contributed by atoms with van der Waals surface area (Å²) in [6.45, 7) is 0.245. The molecule has 1 amide bonds. The number of benzene rings is 1. The first kappa shape index (κ1) is 16.9. The van der Waals surface area contributed by atoms with Gasteiger partial charge in [-0.3, -0.25) is 4.79 Å². The average Bonchev–Trinajstić information content (AvgIpc) is 2.91. The number of carboxylic acids is 1. The Kier molecular flexibility index (Phi) is 4.60. The van der Waals surface area contributed by atoms with Gasteiger partial charge >= 0.3 is 5.97 Å². The summed E-state index contributed by atoms with van der Waals surface area (Å²) in [6.07, 6.45) is 0.554. The molecule has 0 aliphatic carbocycles. The Morgan fingerprint density at radius 1 is 1.46 bits per heavy atom. The van der Waals surface area contributed by atoms with E-state index in [0.717, 1.165) is 14.7 Å². The molecule has 24 heavy (non-hydrogen) atoms. The number of hydrogen-bond donors (Lipinski definition) is 1. The first-order valence-electron chi connectivity index (χ1n) is 7.07. The van der Waals surface area contributed by atoms with Crippen LogP contribution in [-0.2, 0) is 11.2 Å². The van der Waals surface area contributed by atoms with Crippen molar-refractivity contribution in [1.82, 2.24) is 4.90 Å². The van der Waals surface area contributed by atoms with Gasteiger partial charge in [-0.05, 0) is 40.2 Å². The highest BCUT2D eigenvalue weighted by molar-refractivity contribution is 9.11. The van der Waals surface area contributed by atoms with Crippen molar-refractivity contribution < 1.29 is 23.8 Å². The van der Waals surface area contributed by atoms with Crippen molar-refractivity contribution in [2.24, 2.45) is 0 Å². The number of amides is 1. The molecule has 1 unspecified atom stereocenters. The molecule has 5 nitrogen and oxygen atoms in total. The van der Waals surface area contributed by atoms with Crippen LogP contribution in [0.2, 0.25) is 0 Å². The lowest BCUT2D eigenvalue weighted by molar-refractivity contribution is -0.142. The number of carbonyl (C=O) groups excluding carboxylic acids is 1. The van der Waals surface area contributed by atoms with Crippen LogP contribution in [0.15, 0.2) is 28.1 Å². The van der Waals surface area contributed by atoms with Gasteiger partial charge < -0.3 is 14.7 Å². The van der Waals surface area contributed by atoms with Gasteiger partial charge in [0.25, 0.3) is 5.91 Å². The second-order valence-corrected chi connectivity index (χ2v) is 7.78. The molecule has 1 aliphatic rings. The first-order chi connectivity index (χ1) is 11.4. The Morgan fingerprint density at radius 3 is 2.88 bits per heavy atom. The van der Waals surface area contributed by atoms with E-state index in [2.05, 4.69) is 15.9 Å². The van der Waals surface area contributed by atoms with Gasteiger partial charge in [0.15, 0.2) is 6.04 Å². The van der Waals surface area contributed by atoms with Crippen molar-refractivity contribution in [3.8, 4) is 5.75 Å². The third-order valence-electron chi connectivity index (χ3n) is 3.88. The van der Waals surface area contributed by atoms with E-state index in [1.54, 1.807) is 6.07 Å². The van der Waals surface area contributed by atoms with Gasteiger partial charge in [-0.25, -0.2) is 9.18 Å². The zero-order valence-electron chi connectivity index (χ0n) is 12.6. The summed E-state index contributed by atoms with van der Waals surface area (Å²) >= 11 is 4.80. The normalized spacial score (nSPS) is 15.1. The largest absolute Gasteiger partial charge is 0.496 e. The third kappa shape index (κ3) is 2.91. The number of rotatable bonds is 4. The van der Waals surface area contributed by atoms with Crippen molar-refractivity contribution in [3.05, 3.63) is 49.9 Å². The van der Waals surface area contributed by atoms with E-state index in [4.69, 9.17) is 4.74 Å². The minimum Gasteiger partial charge on any atom is -0.496 e. The third-order valence-corrected chi connectivity index (χ3v) is 5.58. The highest BCUT2D eigenvalue weighted by Gasteiger charge is 2.37. The molecule has 1 aromatic carbocycles. The van der Waals surface area contributed by atoms with Crippen molar-refractivity contribution in [2.75, 3.05) is 13.7 Å². The molecule has 1 aromatic heterocycles. The molecule has 126 valence electrons. The first-order valence-corrected chi connectivity index (χ1v) is 8.68. The number of aliphatic carboxylic acids is 1. The molecular formula is C16H13BrFNO4S. The molecule has 3 rings (SSSR count). The van der Waals surface area contributed by atoms with E-state index in [0.29, 0.717) is 12.0 Å². The monoisotopic (exact) mass is 413 g/mol. The molecule has 2 heterocycles. The van der Waals surface area contributed by atoms with E-state index in [1.807, 2.05) is 0 Å². The van der Waals surface area contributed by atoms with Crippen LogP contribution < -0.4 is 4.74 Å². The maximum absolute atomic E-state index is 13.7. The maximum atomic E-state index is 13.7. The van der Waals surface area contributed by atoms with Crippen LogP contribution >= 0.6 is 27.3 Å². The van der Waals surface area contributed by atoms with Gasteiger partial charge in [0.1, 0.15) is 11.6 Å². The molecule has 0 saturated carbocycles. The van der Waals surface area contributed by atoms with Gasteiger partial charge in [-0.15, -0.1) is 11.3 Å². The number of ether oxygens (including phenoxy) is 1. The van der Waals surface area contributed by atoms with E-state index >= 15 is 0 Å². The molecule has 2 aromatic rings. The van der Waals surface area contributed by atoms with E-state index in [1.165, 1.54) is 35.5 Å². The topological polar surface area (TPSA) is 66.8 Å². The van der Waals surface area contributed by atoms with Crippen molar-refractivity contribution >= 4 is 39.1 Å². The predicted molar refractivity (Wildman–Crippen MR) is 90.1 cm³/mol. The Hall–Kier alpha value is -1.93. The Balaban J connectivity index is 2.06. The summed E-state index contributed by atoms with van der Waals surface area (Å²) < 4.78 is 19.6. The fourth-order valence-electron chi connectivity index (χ4n) is 2.84. The molecule has 0 spiro atoms. The van der Waals surface area contributed by atoms with Crippen molar-refractivity contribution in [1.29, 1.82) is 0 Å². The summed E-state index contributed by atoms with van der Waals surface area (Å²) in [5.74, 6) is -1.96. The minimum absolute atomic E-state index is 0.121. The van der Waals surface area contributed by atoms with Gasteiger partial charge in [0, 0.05) is 23.4 Å². The fraction of sp³-hybridized carbons (Fsp3) is 0.250. The summed E-state index contributed by atoms with van der Waals surface area (Å²) in [5.41, 5.74) is 0.607. The van der Waals surface area contributed by atoms with Crippen LogP contribution in [0.25, 0.3) is 0 Å². The Bertz CT molecular complexity index is 822. The minimum atomic E-state index is -1.31. The predicted octanol–water partition coefficient (Wildman–Crippen LogP) is 3.48. The van der Waals surface area contributed by atoms with Crippen molar-refractivity contribution in [2.45, 2.75) is 12.5 Å². The number of nitrogens with zero attached hydrogens (tertiary/aromatic N) is 1. The number of thiophene rings is 1. The number of hydrogen-bond acceptors (Lipinski definition) is 4. The van der Waals surface area contributed by atoms with E-state index in [9.17, 15) is 19.1 Å². The molecule has 0 fully saturated rings. The molecule has 8 heteroatoms. The van der Waals surface area contributed by atoms with Crippen LogP contribution in [0.5, 0.6) is 5.75 Å². The second-order valence-electron chi connectivity index (χ2n) is 5.26. The maximum Gasteiger partial charge on any atom is 0.331 e. The Labute approximate surface area is 149 Å². The fourth-order valence-corrected chi connectivity index (χ4v) is 4.52. The van der Waals surface area contributed by atoms with Gasteiger partial charge in [-0.1, -0.05) is 0 Å². The lowest BCUT2D eigenvalue weighted by Crippen LogP contribution is -2.43. The Morgan fingerprint density at radius 2 is 2.21 bits per heavy atom. The lowest BCUT2D eigenvalue weighted by atomic mass is 9.99. The number of methoxy groups -OCH3 is 1. The summed E-state index contributed by atoms with van der Waals surface area (Å²) in [5, 5.41) is 9.68. The summed E-state index contributed by atoms with van der Waals surface area (Å²) in [4.78, 5) is 26.8. The molecule has 0 bridgehead atoms. The van der Waals surface area contributed by atoms with Crippen LogP contribution in [0.3, 0.4) is 0 Å². The van der Waals surface area contributed by atoms with Crippen LogP contribution in [0, 0.1) is 5.82 Å². The second kappa shape index (κ2) is 6.52. The molecule has 0 radical (unpaired) electrons. The van der Waals surface area contributed by atoms with Crippen LogP contribution in [0.1, 0.15) is 26.8 Å². The zero-order chi connectivity index (χ0) is 17.4.